The van der Waals surface area contributed by atoms with Crippen LogP contribution in [-0.2, 0) is 0 Å². The molecule has 2 aromatic carbocycles. The molecule has 0 amide bonds. The lowest BCUT2D eigenvalue weighted by Gasteiger charge is -2.09. The first-order valence-electron chi connectivity index (χ1n) is 5.48. The molecule has 1 unspecified atom stereocenters. The second-order valence-corrected chi connectivity index (χ2v) is 4.39. The van der Waals surface area contributed by atoms with Gasteiger partial charge >= 0.3 is 0 Å². The van der Waals surface area contributed by atoms with Crippen LogP contribution < -0.4 is 0 Å². The number of fused-ring (bicyclic) bond motifs is 3. The highest BCUT2D eigenvalue weighted by molar-refractivity contribution is 5.93. The van der Waals surface area contributed by atoms with E-state index in [-0.39, 0.29) is 0 Å². The molecule has 1 aliphatic carbocycles. The van der Waals surface area contributed by atoms with Gasteiger partial charge in [0.05, 0.1) is 0 Å². The van der Waals surface area contributed by atoms with Gasteiger partial charge in [0.1, 0.15) is 0 Å². The molecule has 1 aliphatic rings. The van der Waals surface area contributed by atoms with E-state index in [1.54, 1.807) is 0 Å². The smallest absolute Gasteiger partial charge is 0.000768 e. The molecule has 15 heavy (non-hydrogen) atoms. The summed E-state index contributed by atoms with van der Waals surface area (Å²) in [6.45, 7) is 4.48. The first-order valence-corrected chi connectivity index (χ1v) is 5.48. The van der Waals surface area contributed by atoms with E-state index in [9.17, 15) is 0 Å². The van der Waals surface area contributed by atoms with Crippen molar-refractivity contribution in [3.63, 3.8) is 0 Å². The minimum atomic E-state index is 0.561. The second-order valence-electron chi connectivity index (χ2n) is 4.39. The van der Waals surface area contributed by atoms with Crippen molar-refractivity contribution in [3.8, 4) is 0 Å². The van der Waals surface area contributed by atoms with E-state index in [1.807, 2.05) is 0 Å². The van der Waals surface area contributed by atoms with Crippen LogP contribution in [0.2, 0.25) is 0 Å². The van der Waals surface area contributed by atoms with Gasteiger partial charge in [-0.1, -0.05) is 49.4 Å². The summed E-state index contributed by atoms with van der Waals surface area (Å²) < 4.78 is 0. The highest BCUT2D eigenvalue weighted by atomic mass is 14.2. The summed E-state index contributed by atoms with van der Waals surface area (Å²) >= 11 is 0. The van der Waals surface area contributed by atoms with Crippen LogP contribution in [0.1, 0.15) is 30.9 Å². The first kappa shape index (κ1) is 8.72. The predicted molar refractivity (Wildman–Crippen MR) is 66.0 cm³/mol. The summed E-state index contributed by atoms with van der Waals surface area (Å²) in [5.41, 5.74) is 4.36. The number of allylic oxidation sites excluding steroid dienone is 2. The molecule has 3 rings (SSSR count). The second kappa shape index (κ2) is 2.96. The van der Waals surface area contributed by atoms with Gasteiger partial charge in [0.25, 0.3) is 0 Å². The molecule has 2 aromatic rings. The van der Waals surface area contributed by atoms with Crippen molar-refractivity contribution in [2.24, 2.45) is 0 Å². The van der Waals surface area contributed by atoms with Crippen LogP contribution in [0.3, 0.4) is 0 Å². The molecule has 0 bridgehead atoms. The number of hydrogen-bond acceptors (Lipinski definition) is 0. The monoisotopic (exact) mass is 194 g/mol. The fourth-order valence-electron chi connectivity index (χ4n) is 2.68. The standard InChI is InChI=1S/C15H14/c1-10-9-11(2)15-13(10)8-7-12-5-3-4-6-14(12)15/h3-9,11H,1-2H3. The van der Waals surface area contributed by atoms with Gasteiger partial charge in [-0.15, -0.1) is 0 Å². The Morgan fingerprint density at radius 1 is 1.00 bits per heavy atom. The van der Waals surface area contributed by atoms with Crippen molar-refractivity contribution in [3.05, 3.63) is 53.6 Å². The maximum absolute atomic E-state index is 2.36. The minimum Gasteiger partial charge on any atom is -0.0737 e. The molecule has 0 radical (unpaired) electrons. The Morgan fingerprint density at radius 2 is 1.80 bits per heavy atom. The van der Waals surface area contributed by atoms with E-state index in [2.05, 4.69) is 56.3 Å². The van der Waals surface area contributed by atoms with Gasteiger partial charge in [-0.25, -0.2) is 0 Å². The third-order valence-corrected chi connectivity index (χ3v) is 3.35. The molecule has 0 aromatic heterocycles. The molecule has 0 saturated heterocycles. The summed E-state index contributed by atoms with van der Waals surface area (Å²) in [6, 6.07) is 13.1. The average molecular weight is 194 g/mol. The van der Waals surface area contributed by atoms with Crippen LogP contribution in [0.4, 0.5) is 0 Å². The molecule has 0 fully saturated rings. The molecule has 0 saturated carbocycles. The molecule has 0 heteroatoms. The van der Waals surface area contributed by atoms with Gasteiger partial charge in [-0.2, -0.15) is 0 Å². The summed E-state index contributed by atoms with van der Waals surface area (Å²) in [6.07, 6.45) is 2.36. The van der Waals surface area contributed by atoms with E-state index in [1.165, 1.54) is 27.5 Å². The van der Waals surface area contributed by atoms with Crippen LogP contribution >= 0.6 is 0 Å². The lowest BCUT2D eigenvalue weighted by molar-refractivity contribution is 1.00. The molecule has 0 aliphatic heterocycles. The third kappa shape index (κ3) is 1.14. The normalized spacial score (nSPS) is 19.1. The molecular formula is C15H14. The fourth-order valence-corrected chi connectivity index (χ4v) is 2.68. The summed E-state index contributed by atoms with van der Waals surface area (Å²) in [5, 5.41) is 2.77. The van der Waals surface area contributed by atoms with Crippen LogP contribution in [0.5, 0.6) is 0 Å². The Bertz CT molecular complexity index is 561. The van der Waals surface area contributed by atoms with E-state index < -0.39 is 0 Å². The van der Waals surface area contributed by atoms with Gasteiger partial charge < -0.3 is 0 Å². The van der Waals surface area contributed by atoms with Crippen molar-refractivity contribution >= 4 is 16.3 Å². The molecule has 0 N–H and O–H groups in total. The van der Waals surface area contributed by atoms with Crippen molar-refractivity contribution in [2.75, 3.05) is 0 Å². The Balaban J connectivity index is 2.43. The van der Waals surface area contributed by atoms with Crippen LogP contribution in [0.25, 0.3) is 16.3 Å². The van der Waals surface area contributed by atoms with Crippen LogP contribution in [0.15, 0.2) is 42.5 Å². The molecule has 0 nitrogen and oxygen atoms in total. The largest absolute Gasteiger partial charge is 0.0737 e. The number of hydrogen-bond donors (Lipinski definition) is 0. The molecule has 74 valence electrons. The van der Waals surface area contributed by atoms with Crippen LogP contribution in [-0.4, -0.2) is 0 Å². The molecule has 0 spiro atoms. The van der Waals surface area contributed by atoms with Gasteiger partial charge in [0.15, 0.2) is 0 Å². The fraction of sp³-hybridized carbons (Fsp3) is 0.200. The van der Waals surface area contributed by atoms with Gasteiger partial charge in [-0.3, -0.25) is 0 Å². The molecule has 0 heterocycles. The van der Waals surface area contributed by atoms with Crippen molar-refractivity contribution in [1.29, 1.82) is 0 Å². The Morgan fingerprint density at radius 3 is 2.67 bits per heavy atom. The highest BCUT2D eigenvalue weighted by Crippen LogP contribution is 2.39. The Labute approximate surface area is 90.2 Å². The summed E-state index contributed by atoms with van der Waals surface area (Å²) in [5.74, 6) is 0.561. The van der Waals surface area contributed by atoms with E-state index >= 15 is 0 Å². The summed E-state index contributed by atoms with van der Waals surface area (Å²) in [7, 11) is 0. The van der Waals surface area contributed by atoms with Crippen molar-refractivity contribution in [2.45, 2.75) is 19.8 Å². The molecule has 1 atom stereocenters. The topological polar surface area (TPSA) is 0 Å². The highest BCUT2D eigenvalue weighted by Gasteiger charge is 2.19. The van der Waals surface area contributed by atoms with Gasteiger partial charge in [0, 0.05) is 5.92 Å². The lowest BCUT2D eigenvalue weighted by Crippen LogP contribution is -1.89. The maximum atomic E-state index is 2.36. The first-order chi connectivity index (χ1) is 7.27. The zero-order chi connectivity index (χ0) is 10.4. The number of rotatable bonds is 0. The zero-order valence-corrected chi connectivity index (χ0v) is 9.12. The van der Waals surface area contributed by atoms with Crippen molar-refractivity contribution in [1.82, 2.24) is 0 Å². The lowest BCUT2D eigenvalue weighted by atomic mass is 9.94. The van der Waals surface area contributed by atoms with E-state index in [4.69, 9.17) is 0 Å². The predicted octanol–water partition coefficient (Wildman–Crippen LogP) is 4.36. The van der Waals surface area contributed by atoms with E-state index in [0.717, 1.165) is 0 Å². The third-order valence-electron chi connectivity index (χ3n) is 3.35. The van der Waals surface area contributed by atoms with Crippen LogP contribution in [0, 0.1) is 0 Å². The number of benzene rings is 2. The SMILES string of the molecule is CC1=CC(C)c2c1ccc1ccccc21. The van der Waals surface area contributed by atoms with E-state index in [0.29, 0.717) is 5.92 Å². The van der Waals surface area contributed by atoms with Gasteiger partial charge in [0.2, 0.25) is 0 Å². The quantitative estimate of drug-likeness (QED) is 0.584. The minimum absolute atomic E-state index is 0.561. The Kier molecular flexibility index (Phi) is 1.72. The van der Waals surface area contributed by atoms with Gasteiger partial charge in [-0.05, 0) is 34.4 Å². The Hall–Kier alpha value is -1.56. The molecular weight excluding hydrogens is 180 g/mol. The average Bonchev–Trinajstić information content (AvgIpc) is 2.55. The zero-order valence-electron chi connectivity index (χ0n) is 9.12. The summed E-state index contributed by atoms with van der Waals surface area (Å²) in [4.78, 5) is 0. The van der Waals surface area contributed by atoms with Crippen molar-refractivity contribution < 1.29 is 0 Å². The maximum Gasteiger partial charge on any atom is 0.000768 e.